The zero-order valence-electron chi connectivity index (χ0n) is 17.7. The van der Waals surface area contributed by atoms with Gasteiger partial charge in [-0.05, 0) is 49.4 Å². The summed E-state index contributed by atoms with van der Waals surface area (Å²) in [5, 5.41) is 9.22. The minimum absolute atomic E-state index is 0.178. The number of carbonyl (C=O) groups excluding carboxylic acids is 1. The highest BCUT2D eigenvalue weighted by Crippen LogP contribution is 2.36. The molecule has 0 aliphatic carbocycles. The number of ether oxygens (including phenoxy) is 3. The molecule has 2 aromatic heterocycles. The largest absolute Gasteiger partial charge is 0.494 e. The van der Waals surface area contributed by atoms with E-state index in [1.54, 1.807) is 0 Å². The van der Waals surface area contributed by atoms with Gasteiger partial charge in [0, 0.05) is 29.3 Å². The molecule has 0 bridgehead atoms. The molecule has 4 aromatic rings. The zero-order chi connectivity index (χ0) is 22.6. The Labute approximate surface area is 193 Å². The van der Waals surface area contributed by atoms with Crippen LogP contribution in [-0.4, -0.2) is 34.4 Å². The predicted molar refractivity (Wildman–Crippen MR) is 122 cm³/mol. The molecule has 1 amide bonds. The van der Waals surface area contributed by atoms with Crippen LogP contribution in [0.4, 0.5) is 5.13 Å². The number of hydrogen-bond acceptors (Lipinski definition) is 9. The molecule has 9 nitrogen and oxygen atoms in total. The van der Waals surface area contributed by atoms with Gasteiger partial charge in [-0.15, -0.1) is 11.3 Å². The minimum Gasteiger partial charge on any atom is -0.494 e. The molecule has 0 atom stereocenters. The fourth-order valence-electron chi connectivity index (χ4n) is 3.26. The van der Waals surface area contributed by atoms with Crippen LogP contribution in [0.25, 0.3) is 22.6 Å². The van der Waals surface area contributed by atoms with E-state index in [0.29, 0.717) is 41.4 Å². The summed E-state index contributed by atoms with van der Waals surface area (Å²) in [7, 11) is 0. The van der Waals surface area contributed by atoms with Gasteiger partial charge >= 0.3 is 0 Å². The lowest BCUT2D eigenvalue weighted by atomic mass is 10.1. The molecule has 1 aliphatic heterocycles. The monoisotopic (exact) mass is 464 g/mol. The van der Waals surface area contributed by atoms with E-state index in [1.807, 2.05) is 54.8 Å². The third kappa shape index (κ3) is 4.80. The molecule has 168 valence electrons. The highest BCUT2D eigenvalue weighted by molar-refractivity contribution is 7.14. The van der Waals surface area contributed by atoms with Crippen LogP contribution < -0.4 is 19.5 Å². The van der Waals surface area contributed by atoms with Crippen LogP contribution in [-0.2, 0) is 11.2 Å². The first-order chi connectivity index (χ1) is 16.2. The number of nitrogens with one attached hydrogen (secondary N) is 1. The molecule has 2 aromatic carbocycles. The van der Waals surface area contributed by atoms with Gasteiger partial charge in [0.05, 0.1) is 12.3 Å². The third-order valence-corrected chi connectivity index (χ3v) is 5.63. The number of aryl methyl sites for hydroxylation is 1. The summed E-state index contributed by atoms with van der Waals surface area (Å²) >= 11 is 1.36. The van der Waals surface area contributed by atoms with Gasteiger partial charge in [0.1, 0.15) is 5.75 Å². The molecule has 1 N–H and O–H groups in total. The molecule has 3 heterocycles. The highest BCUT2D eigenvalue weighted by atomic mass is 32.1. The Bertz CT molecular complexity index is 1270. The second-order valence-corrected chi connectivity index (χ2v) is 7.98. The van der Waals surface area contributed by atoms with Crippen LogP contribution in [0.1, 0.15) is 19.2 Å². The van der Waals surface area contributed by atoms with Crippen LogP contribution >= 0.6 is 11.3 Å². The number of benzene rings is 2. The van der Waals surface area contributed by atoms with Gasteiger partial charge in [0.2, 0.25) is 24.4 Å². The molecule has 5 rings (SSSR count). The van der Waals surface area contributed by atoms with Gasteiger partial charge in [-0.25, -0.2) is 4.98 Å². The number of rotatable bonds is 8. The maximum atomic E-state index is 12.4. The van der Waals surface area contributed by atoms with E-state index in [4.69, 9.17) is 18.7 Å². The fraction of sp³-hybridized carbons (Fsp3) is 0.217. The molecule has 1 aliphatic rings. The highest BCUT2D eigenvalue weighted by Gasteiger charge is 2.16. The lowest BCUT2D eigenvalue weighted by Crippen LogP contribution is -2.12. The van der Waals surface area contributed by atoms with E-state index in [9.17, 15) is 4.79 Å². The van der Waals surface area contributed by atoms with Gasteiger partial charge in [0.25, 0.3) is 0 Å². The van der Waals surface area contributed by atoms with Crippen molar-refractivity contribution in [1.82, 2.24) is 15.1 Å². The van der Waals surface area contributed by atoms with E-state index < -0.39 is 0 Å². The minimum atomic E-state index is -0.178. The Morgan fingerprint density at radius 2 is 1.91 bits per heavy atom. The van der Waals surface area contributed by atoms with E-state index in [-0.39, 0.29) is 19.1 Å². The molecule has 0 fully saturated rings. The molecule has 0 spiro atoms. The number of nitrogens with zero attached hydrogens (tertiary/aromatic N) is 3. The van der Waals surface area contributed by atoms with Crippen molar-refractivity contribution in [2.45, 2.75) is 19.8 Å². The van der Waals surface area contributed by atoms with Crippen LogP contribution in [0.2, 0.25) is 0 Å². The van der Waals surface area contributed by atoms with Gasteiger partial charge < -0.3 is 24.1 Å². The van der Waals surface area contributed by atoms with Crippen molar-refractivity contribution in [1.29, 1.82) is 0 Å². The lowest BCUT2D eigenvalue weighted by Gasteiger charge is -2.02. The summed E-state index contributed by atoms with van der Waals surface area (Å²) < 4.78 is 21.5. The van der Waals surface area contributed by atoms with Gasteiger partial charge in [0.15, 0.2) is 16.6 Å². The molecular formula is C23H20N4O5S. The number of fused-ring (bicyclic) bond motifs is 1. The average molecular weight is 465 g/mol. The van der Waals surface area contributed by atoms with Crippen molar-refractivity contribution in [3.8, 4) is 39.9 Å². The predicted octanol–water partition coefficient (Wildman–Crippen LogP) is 4.56. The molecular weight excluding hydrogens is 444 g/mol. The van der Waals surface area contributed by atoms with Crippen LogP contribution in [0, 0.1) is 0 Å². The molecule has 0 radical (unpaired) electrons. The molecule has 10 heteroatoms. The lowest BCUT2D eigenvalue weighted by molar-refractivity contribution is -0.116. The van der Waals surface area contributed by atoms with Crippen molar-refractivity contribution in [2.24, 2.45) is 0 Å². The normalized spacial score (nSPS) is 12.0. The zero-order valence-corrected chi connectivity index (χ0v) is 18.6. The first-order valence-electron chi connectivity index (χ1n) is 10.4. The van der Waals surface area contributed by atoms with Crippen LogP contribution in [0.5, 0.6) is 17.2 Å². The second kappa shape index (κ2) is 9.29. The molecule has 0 saturated carbocycles. The number of carbonyl (C=O) groups is 1. The topological polar surface area (TPSA) is 109 Å². The van der Waals surface area contributed by atoms with Crippen molar-refractivity contribution in [3.05, 3.63) is 53.7 Å². The van der Waals surface area contributed by atoms with Crippen LogP contribution in [0.3, 0.4) is 0 Å². The van der Waals surface area contributed by atoms with E-state index in [2.05, 4.69) is 20.4 Å². The maximum Gasteiger partial charge on any atom is 0.231 e. The second-order valence-electron chi connectivity index (χ2n) is 7.12. The summed E-state index contributed by atoms with van der Waals surface area (Å²) in [6, 6.07) is 13.1. The molecule has 33 heavy (non-hydrogen) atoms. The Balaban J connectivity index is 1.15. The fourth-order valence-corrected chi connectivity index (χ4v) is 4.00. The Morgan fingerprint density at radius 1 is 1.09 bits per heavy atom. The van der Waals surface area contributed by atoms with Crippen molar-refractivity contribution in [2.75, 3.05) is 18.7 Å². The summed E-state index contributed by atoms with van der Waals surface area (Å²) in [6.45, 7) is 2.76. The number of hydrogen-bond donors (Lipinski definition) is 1. The molecule has 0 unspecified atom stereocenters. The Morgan fingerprint density at radius 3 is 2.76 bits per heavy atom. The number of thiazole rings is 1. The van der Waals surface area contributed by atoms with E-state index in [0.717, 1.165) is 22.6 Å². The first-order valence-corrected chi connectivity index (χ1v) is 11.3. The third-order valence-electron chi connectivity index (χ3n) is 4.88. The summed E-state index contributed by atoms with van der Waals surface area (Å²) in [4.78, 5) is 21.2. The van der Waals surface area contributed by atoms with Crippen molar-refractivity contribution in [3.63, 3.8) is 0 Å². The maximum absolute atomic E-state index is 12.4. The van der Waals surface area contributed by atoms with Crippen molar-refractivity contribution < 1.29 is 23.5 Å². The average Bonchev–Trinajstić information content (AvgIpc) is 3.59. The van der Waals surface area contributed by atoms with E-state index in [1.165, 1.54) is 11.3 Å². The summed E-state index contributed by atoms with van der Waals surface area (Å²) in [5.41, 5.74) is 2.46. The number of aromatic nitrogens is 3. The first kappa shape index (κ1) is 21.0. The van der Waals surface area contributed by atoms with Gasteiger partial charge in [-0.2, -0.15) is 4.98 Å². The molecule has 0 saturated heterocycles. The summed E-state index contributed by atoms with van der Waals surface area (Å²) in [5.74, 6) is 2.88. The standard InChI is InChI=1S/C23H20N4O5S/c1-2-29-16-6-3-14(4-7-16)22-26-21(32-27-22)10-9-20(28)25-23-24-17(12-33-23)15-5-8-18-19(11-15)31-13-30-18/h3-8,11-12H,2,9-10,13H2,1H3,(H,24,25,28). The number of anilines is 1. The van der Waals surface area contributed by atoms with E-state index >= 15 is 0 Å². The Hall–Kier alpha value is -3.92. The number of amides is 1. The smallest absolute Gasteiger partial charge is 0.231 e. The summed E-state index contributed by atoms with van der Waals surface area (Å²) in [6.07, 6.45) is 0.528. The van der Waals surface area contributed by atoms with Crippen molar-refractivity contribution >= 4 is 22.4 Å². The quantitative estimate of drug-likeness (QED) is 0.404. The SMILES string of the molecule is CCOc1ccc(-c2noc(CCC(=O)Nc3nc(-c4ccc5c(c4)OCO5)cs3)n2)cc1. The Kier molecular flexibility index (Phi) is 5.90. The van der Waals surface area contributed by atoms with Gasteiger partial charge in [-0.3, -0.25) is 4.79 Å². The van der Waals surface area contributed by atoms with Gasteiger partial charge in [-0.1, -0.05) is 5.16 Å². The van der Waals surface area contributed by atoms with Crippen LogP contribution in [0.15, 0.2) is 52.4 Å².